The second kappa shape index (κ2) is 11.7. The molecule has 20 heavy (non-hydrogen) atoms. The van der Waals surface area contributed by atoms with E-state index in [4.69, 9.17) is 5.11 Å². The normalized spacial score (nSPS) is 13.8. The molecule has 4 heteroatoms. The van der Waals surface area contributed by atoms with Crippen molar-refractivity contribution in [3.63, 3.8) is 0 Å². The minimum Gasteiger partial charge on any atom is -0.481 e. The van der Waals surface area contributed by atoms with Crippen molar-refractivity contribution >= 4 is 11.9 Å². The van der Waals surface area contributed by atoms with Gasteiger partial charge in [0.05, 0.1) is 5.92 Å². The van der Waals surface area contributed by atoms with Gasteiger partial charge in [-0.1, -0.05) is 46.0 Å². The molecule has 0 spiro atoms. The lowest BCUT2D eigenvalue weighted by Gasteiger charge is -2.14. The van der Waals surface area contributed by atoms with Crippen LogP contribution in [0.25, 0.3) is 0 Å². The van der Waals surface area contributed by atoms with E-state index in [1.165, 1.54) is 19.3 Å². The fraction of sp³-hybridized carbons (Fsp3) is 0.875. The van der Waals surface area contributed by atoms with Gasteiger partial charge >= 0.3 is 5.97 Å². The van der Waals surface area contributed by atoms with Gasteiger partial charge < -0.3 is 10.4 Å². The number of hydrogen-bond donors (Lipinski definition) is 2. The summed E-state index contributed by atoms with van der Waals surface area (Å²) >= 11 is 0. The van der Waals surface area contributed by atoms with Crippen LogP contribution in [0.2, 0.25) is 0 Å². The Labute approximate surface area is 123 Å². The van der Waals surface area contributed by atoms with E-state index >= 15 is 0 Å². The molecular formula is C16H31NO3. The number of carboxylic acids is 1. The van der Waals surface area contributed by atoms with Gasteiger partial charge in [-0.3, -0.25) is 9.59 Å². The van der Waals surface area contributed by atoms with Gasteiger partial charge in [0.1, 0.15) is 0 Å². The van der Waals surface area contributed by atoms with Crippen LogP contribution < -0.4 is 5.32 Å². The van der Waals surface area contributed by atoms with E-state index in [-0.39, 0.29) is 17.9 Å². The fourth-order valence-electron chi connectivity index (χ4n) is 2.16. The van der Waals surface area contributed by atoms with E-state index in [1.54, 1.807) is 6.92 Å². The van der Waals surface area contributed by atoms with Crippen molar-refractivity contribution in [2.75, 3.05) is 0 Å². The Kier molecular flexibility index (Phi) is 11.1. The zero-order valence-corrected chi connectivity index (χ0v) is 13.3. The zero-order chi connectivity index (χ0) is 15.4. The molecule has 0 aromatic carbocycles. The first kappa shape index (κ1) is 18.9. The quantitative estimate of drug-likeness (QED) is 0.537. The summed E-state index contributed by atoms with van der Waals surface area (Å²) in [4.78, 5) is 22.4. The van der Waals surface area contributed by atoms with E-state index in [2.05, 4.69) is 12.2 Å². The molecule has 0 aliphatic rings. The second-order valence-corrected chi connectivity index (χ2v) is 5.80. The molecular weight excluding hydrogens is 254 g/mol. The number of carbonyl (C=O) groups is 2. The molecule has 0 saturated heterocycles. The van der Waals surface area contributed by atoms with Gasteiger partial charge in [-0.15, -0.1) is 0 Å². The van der Waals surface area contributed by atoms with E-state index in [0.717, 1.165) is 25.7 Å². The van der Waals surface area contributed by atoms with Crippen LogP contribution >= 0.6 is 0 Å². The number of carbonyl (C=O) groups excluding carboxylic acids is 1. The lowest BCUT2D eigenvalue weighted by atomic mass is 10.0. The molecule has 2 unspecified atom stereocenters. The van der Waals surface area contributed by atoms with Crippen molar-refractivity contribution < 1.29 is 14.7 Å². The largest absolute Gasteiger partial charge is 0.481 e. The van der Waals surface area contributed by atoms with Crippen LogP contribution in [0, 0.1) is 5.92 Å². The summed E-state index contributed by atoms with van der Waals surface area (Å²) in [6, 6.07) is 0.138. The number of rotatable bonds is 12. The highest BCUT2D eigenvalue weighted by molar-refractivity contribution is 5.76. The summed E-state index contributed by atoms with van der Waals surface area (Å²) in [5, 5.41) is 11.8. The van der Waals surface area contributed by atoms with Gasteiger partial charge in [-0.2, -0.15) is 0 Å². The third-order valence-corrected chi connectivity index (χ3v) is 3.61. The molecule has 0 heterocycles. The lowest BCUT2D eigenvalue weighted by molar-refractivity contribution is -0.141. The zero-order valence-electron chi connectivity index (χ0n) is 13.3. The van der Waals surface area contributed by atoms with Crippen LogP contribution in [0.4, 0.5) is 0 Å². The first-order valence-corrected chi connectivity index (χ1v) is 7.99. The average Bonchev–Trinajstić information content (AvgIpc) is 2.38. The molecule has 1 amide bonds. The van der Waals surface area contributed by atoms with E-state index in [1.807, 2.05) is 6.92 Å². The Morgan fingerprint density at radius 1 is 1.00 bits per heavy atom. The highest BCUT2D eigenvalue weighted by atomic mass is 16.4. The van der Waals surface area contributed by atoms with Crippen molar-refractivity contribution in [1.29, 1.82) is 0 Å². The first-order chi connectivity index (χ1) is 9.47. The minimum atomic E-state index is -0.742. The number of unbranched alkanes of at least 4 members (excludes halogenated alkanes) is 4. The van der Waals surface area contributed by atoms with Crippen LogP contribution in [0.3, 0.4) is 0 Å². The van der Waals surface area contributed by atoms with Gasteiger partial charge in [-0.25, -0.2) is 0 Å². The maximum atomic E-state index is 11.7. The van der Waals surface area contributed by atoms with Gasteiger partial charge in [0.15, 0.2) is 0 Å². The van der Waals surface area contributed by atoms with Gasteiger partial charge in [-0.05, 0) is 26.2 Å². The summed E-state index contributed by atoms with van der Waals surface area (Å²) < 4.78 is 0. The van der Waals surface area contributed by atoms with Crippen molar-refractivity contribution in [3.05, 3.63) is 0 Å². The topological polar surface area (TPSA) is 66.4 Å². The molecule has 0 aromatic rings. The third-order valence-electron chi connectivity index (χ3n) is 3.61. The van der Waals surface area contributed by atoms with Crippen LogP contribution in [0.1, 0.15) is 78.6 Å². The van der Waals surface area contributed by atoms with Crippen molar-refractivity contribution in [1.82, 2.24) is 5.32 Å². The van der Waals surface area contributed by atoms with Crippen molar-refractivity contribution in [2.45, 2.75) is 84.6 Å². The van der Waals surface area contributed by atoms with Gasteiger partial charge in [0.2, 0.25) is 5.91 Å². The average molecular weight is 285 g/mol. The van der Waals surface area contributed by atoms with Crippen LogP contribution in [0.15, 0.2) is 0 Å². The molecule has 0 rings (SSSR count). The fourth-order valence-corrected chi connectivity index (χ4v) is 2.16. The molecule has 0 aliphatic heterocycles. The summed E-state index contributed by atoms with van der Waals surface area (Å²) in [6.07, 6.45) is 8.75. The summed E-state index contributed by atoms with van der Waals surface area (Å²) in [6.45, 7) is 5.89. The van der Waals surface area contributed by atoms with Crippen LogP contribution in [0.5, 0.6) is 0 Å². The first-order valence-electron chi connectivity index (χ1n) is 7.99. The minimum absolute atomic E-state index is 0.125. The Balaban J connectivity index is 3.57. The highest BCUT2D eigenvalue weighted by Crippen LogP contribution is 2.10. The van der Waals surface area contributed by atoms with Crippen molar-refractivity contribution in [3.8, 4) is 0 Å². The molecule has 0 aliphatic carbocycles. The maximum Gasteiger partial charge on any atom is 0.306 e. The van der Waals surface area contributed by atoms with Crippen LogP contribution in [-0.2, 0) is 9.59 Å². The van der Waals surface area contributed by atoms with Crippen LogP contribution in [-0.4, -0.2) is 23.0 Å². The predicted octanol–water partition coefficient (Wildman–Crippen LogP) is 3.74. The SMILES string of the molecule is CCCCCCCC(=O)NC(C)CCCC(C)C(=O)O. The maximum absolute atomic E-state index is 11.7. The molecule has 4 nitrogen and oxygen atoms in total. The molecule has 2 N–H and O–H groups in total. The van der Waals surface area contributed by atoms with E-state index in [9.17, 15) is 9.59 Å². The third kappa shape index (κ3) is 10.8. The molecule has 0 radical (unpaired) electrons. The summed E-state index contributed by atoms with van der Waals surface area (Å²) in [5.74, 6) is -0.912. The van der Waals surface area contributed by atoms with Crippen molar-refractivity contribution in [2.24, 2.45) is 5.92 Å². The monoisotopic (exact) mass is 285 g/mol. The second-order valence-electron chi connectivity index (χ2n) is 5.80. The van der Waals surface area contributed by atoms with Gasteiger partial charge in [0.25, 0.3) is 0 Å². The van der Waals surface area contributed by atoms with E-state index < -0.39 is 5.97 Å². The lowest BCUT2D eigenvalue weighted by Crippen LogP contribution is -2.32. The smallest absolute Gasteiger partial charge is 0.306 e. The molecule has 2 atom stereocenters. The Bertz CT molecular complexity index is 279. The Morgan fingerprint density at radius 3 is 2.25 bits per heavy atom. The Hall–Kier alpha value is -1.06. The summed E-state index contributed by atoms with van der Waals surface area (Å²) in [7, 11) is 0. The molecule has 0 bridgehead atoms. The number of nitrogens with one attached hydrogen (secondary N) is 1. The number of carboxylic acid groups (broad SMARTS) is 1. The number of amides is 1. The summed E-state index contributed by atoms with van der Waals surface area (Å²) in [5.41, 5.74) is 0. The number of hydrogen-bond acceptors (Lipinski definition) is 2. The molecule has 118 valence electrons. The Morgan fingerprint density at radius 2 is 1.65 bits per heavy atom. The highest BCUT2D eigenvalue weighted by Gasteiger charge is 2.12. The molecule has 0 saturated carbocycles. The number of aliphatic carboxylic acids is 1. The van der Waals surface area contributed by atoms with Gasteiger partial charge in [0, 0.05) is 12.5 Å². The van der Waals surface area contributed by atoms with E-state index in [0.29, 0.717) is 12.8 Å². The molecule has 0 fully saturated rings. The standard InChI is InChI=1S/C16H31NO3/c1-4-5-6-7-8-12-15(18)17-14(3)11-9-10-13(2)16(19)20/h13-14H,4-12H2,1-3H3,(H,17,18)(H,19,20). The molecule has 0 aromatic heterocycles. The predicted molar refractivity (Wildman–Crippen MR) is 81.6 cm³/mol.